The lowest BCUT2D eigenvalue weighted by atomic mass is 10.0. The average molecular weight is 418 g/mol. The number of nitrogens with zero attached hydrogens (tertiary/aromatic N) is 6. The molecule has 3 rings (SSSR count). The Labute approximate surface area is 180 Å². The van der Waals surface area contributed by atoms with Crippen LogP contribution in [0.15, 0.2) is 47.1 Å². The van der Waals surface area contributed by atoms with Crippen molar-refractivity contribution < 1.29 is 14.6 Å². The molecule has 1 heterocycles. The van der Waals surface area contributed by atoms with E-state index in [1.54, 1.807) is 30.3 Å². The lowest BCUT2D eigenvalue weighted by Crippen LogP contribution is -2.41. The summed E-state index contributed by atoms with van der Waals surface area (Å²) in [4.78, 5) is 18.6. The maximum Gasteiger partial charge on any atom is 0.346 e. The minimum absolute atomic E-state index is 0.380. The van der Waals surface area contributed by atoms with Gasteiger partial charge in [-0.3, -0.25) is 0 Å². The molecule has 0 spiro atoms. The van der Waals surface area contributed by atoms with E-state index in [4.69, 9.17) is 10.3 Å². The number of azide groups is 1. The largest absolute Gasteiger partial charge is 0.477 e. The number of ether oxygens (including phenoxy) is 1. The van der Waals surface area contributed by atoms with E-state index in [2.05, 4.69) is 33.7 Å². The molecule has 9 heteroatoms. The third-order valence-electron chi connectivity index (χ3n) is 5.07. The summed E-state index contributed by atoms with van der Waals surface area (Å²) in [6.07, 6.45) is 1.32. The summed E-state index contributed by atoms with van der Waals surface area (Å²) >= 11 is 0. The van der Waals surface area contributed by atoms with Gasteiger partial charge in [-0.15, -0.1) is 0 Å². The number of carbonyl (C=O) groups is 1. The van der Waals surface area contributed by atoms with Gasteiger partial charge in [-0.25, -0.2) is 4.79 Å². The molecule has 31 heavy (non-hydrogen) atoms. The molecule has 0 aromatic heterocycles. The van der Waals surface area contributed by atoms with Crippen molar-refractivity contribution in [3.05, 3.63) is 58.0 Å². The second-order valence-corrected chi connectivity index (χ2v) is 6.80. The molecule has 0 saturated carbocycles. The van der Waals surface area contributed by atoms with E-state index in [-0.39, 0.29) is 5.57 Å². The van der Waals surface area contributed by atoms with Crippen LogP contribution in [0.2, 0.25) is 0 Å². The van der Waals surface area contributed by atoms with Crippen LogP contribution in [0.4, 0.5) is 17.1 Å². The van der Waals surface area contributed by atoms with Crippen LogP contribution >= 0.6 is 0 Å². The summed E-state index contributed by atoms with van der Waals surface area (Å²) in [5, 5.41) is 22.1. The first-order chi connectivity index (χ1) is 15.0. The standard InChI is InChI=1S/C22H22N6O3/c1-3-27-9-10-28(4-2)20-13-21(31-18-7-5-17(6-8-18)25-26-24)15(12-19(20)27)11-16(14-23)22(29)30/h5-8,11-13H,3-4,9-10H2,1-2H3,(H,29,30)/b16-11+. The highest BCUT2D eigenvalue weighted by molar-refractivity contribution is 5.97. The lowest BCUT2D eigenvalue weighted by Gasteiger charge is -2.38. The van der Waals surface area contributed by atoms with Gasteiger partial charge in [-0.2, -0.15) is 5.26 Å². The first-order valence-electron chi connectivity index (χ1n) is 9.86. The third kappa shape index (κ3) is 4.71. The molecule has 0 fully saturated rings. The molecule has 1 N–H and O–H groups in total. The minimum atomic E-state index is -1.30. The SMILES string of the molecule is CCN1CCN(CC)c2cc(Oc3ccc(N=[N+]=[N-])cc3)c(/C=C(\C#N)C(=O)O)cc21. The number of carboxylic acid groups (broad SMARTS) is 1. The van der Waals surface area contributed by atoms with Gasteiger partial charge in [0.1, 0.15) is 23.1 Å². The van der Waals surface area contributed by atoms with Gasteiger partial charge in [0.25, 0.3) is 0 Å². The molecular formula is C22H22N6O3. The molecule has 0 unspecified atom stereocenters. The molecular weight excluding hydrogens is 396 g/mol. The van der Waals surface area contributed by atoms with Crippen molar-refractivity contribution in [1.82, 2.24) is 0 Å². The van der Waals surface area contributed by atoms with E-state index in [9.17, 15) is 15.2 Å². The fraction of sp³-hybridized carbons (Fsp3) is 0.273. The topological polar surface area (TPSA) is 126 Å². The second kappa shape index (κ2) is 9.57. The molecule has 2 aromatic carbocycles. The Hall–Kier alpha value is -4.15. The number of aliphatic carboxylic acids is 1. The molecule has 158 valence electrons. The van der Waals surface area contributed by atoms with Gasteiger partial charge in [0.05, 0.1) is 11.4 Å². The number of fused-ring (bicyclic) bond motifs is 1. The van der Waals surface area contributed by atoms with Gasteiger partial charge in [0.2, 0.25) is 0 Å². The smallest absolute Gasteiger partial charge is 0.346 e. The molecule has 0 amide bonds. The zero-order chi connectivity index (χ0) is 22.4. The highest BCUT2D eigenvalue weighted by atomic mass is 16.5. The highest BCUT2D eigenvalue weighted by Crippen LogP contribution is 2.41. The Balaban J connectivity index is 2.13. The van der Waals surface area contributed by atoms with E-state index in [1.165, 1.54) is 6.08 Å². The normalized spacial score (nSPS) is 13.1. The number of benzene rings is 2. The number of hydrogen-bond donors (Lipinski definition) is 1. The second-order valence-electron chi connectivity index (χ2n) is 6.80. The Bertz CT molecular complexity index is 1100. The van der Waals surface area contributed by atoms with Crippen LogP contribution in [0.25, 0.3) is 16.5 Å². The molecule has 1 aliphatic rings. The first-order valence-corrected chi connectivity index (χ1v) is 9.86. The molecule has 0 aliphatic carbocycles. The van der Waals surface area contributed by atoms with Gasteiger partial charge in [-0.05, 0) is 55.8 Å². The minimum Gasteiger partial charge on any atom is -0.477 e. The summed E-state index contributed by atoms with van der Waals surface area (Å²) < 4.78 is 6.07. The maximum absolute atomic E-state index is 11.4. The van der Waals surface area contributed by atoms with Crippen LogP contribution in [0, 0.1) is 11.3 Å². The van der Waals surface area contributed by atoms with Crippen molar-refractivity contribution in [2.24, 2.45) is 5.11 Å². The van der Waals surface area contributed by atoms with Crippen molar-refractivity contribution in [1.29, 1.82) is 5.26 Å². The number of carboxylic acids is 1. The molecule has 2 aromatic rings. The summed E-state index contributed by atoms with van der Waals surface area (Å²) in [5.74, 6) is -0.375. The van der Waals surface area contributed by atoms with Gasteiger partial charge in [0.15, 0.2) is 0 Å². The fourth-order valence-electron chi connectivity index (χ4n) is 3.48. The Morgan fingerprint density at radius 3 is 2.35 bits per heavy atom. The number of likely N-dealkylation sites (N-methyl/N-ethyl adjacent to an activating group) is 2. The summed E-state index contributed by atoms with van der Waals surface area (Å²) in [7, 11) is 0. The van der Waals surface area contributed by atoms with Gasteiger partial charge in [-0.1, -0.05) is 5.11 Å². The average Bonchev–Trinajstić information content (AvgIpc) is 2.78. The highest BCUT2D eigenvalue weighted by Gasteiger charge is 2.24. The Kier molecular flexibility index (Phi) is 6.65. The Morgan fingerprint density at radius 2 is 1.84 bits per heavy atom. The van der Waals surface area contributed by atoms with Crippen molar-refractivity contribution in [3.8, 4) is 17.6 Å². The zero-order valence-corrected chi connectivity index (χ0v) is 17.3. The van der Waals surface area contributed by atoms with Crippen LogP contribution in [-0.4, -0.2) is 37.3 Å². The van der Waals surface area contributed by atoms with Crippen LogP contribution < -0.4 is 14.5 Å². The van der Waals surface area contributed by atoms with E-state index in [0.717, 1.165) is 37.6 Å². The summed E-state index contributed by atoms with van der Waals surface area (Å²) in [6, 6.07) is 12.0. The van der Waals surface area contributed by atoms with Crippen molar-refractivity contribution in [2.45, 2.75) is 13.8 Å². The number of nitriles is 1. The molecule has 0 bridgehead atoms. The van der Waals surface area contributed by atoms with Crippen LogP contribution in [-0.2, 0) is 4.79 Å². The van der Waals surface area contributed by atoms with Crippen molar-refractivity contribution in [2.75, 3.05) is 36.0 Å². The van der Waals surface area contributed by atoms with Gasteiger partial charge < -0.3 is 19.6 Å². The van der Waals surface area contributed by atoms with E-state index in [1.807, 2.05) is 12.1 Å². The molecule has 1 aliphatic heterocycles. The first kappa shape index (κ1) is 21.6. The van der Waals surface area contributed by atoms with Gasteiger partial charge >= 0.3 is 5.97 Å². The molecule has 9 nitrogen and oxygen atoms in total. The summed E-state index contributed by atoms with van der Waals surface area (Å²) in [5.41, 5.74) is 11.1. The van der Waals surface area contributed by atoms with Crippen molar-refractivity contribution >= 4 is 29.1 Å². The number of rotatable bonds is 7. The predicted octanol–water partition coefficient (Wildman–Crippen LogP) is 5.08. The third-order valence-corrected chi connectivity index (χ3v) is 5.07. The lowest BCUT2D eigenvalue weighted by molar-refractivity contribution is -0.132. The molecule has 0 radical (unpaired) electrons. The van der Waals surface area contributed by atoms with Crippen LogP contribution in [0.1, 0.15) is 19.4 Å². The van der Waals surface area contributed by atoms with E-state index >= 15 is 0 Å². The maximum atomic E-state index is 11.4. The fourth-order valence-corrected chi connectivity index (χ4v) is 3.48. The molecule has 0 atom stereocenters. The van der Waals surface area contributed by atoms with E-state index in [0.29, 0.717) is 22.7 Å². The van der Waals surface area contributed by atoms with E-state index < -0.39 is 5.97 Å². The monoisotopic (exact) mass is 418 g/mol. The van der Waals surface area contributed by atoms with Crippen LogP contribution in [0.3, 0.4) is 0 Å². The molecule has 0 saturated heterocycles. The Morgan fingerprint density at radius 1 is 1.23 bits per heavy atom. The zero-order valence-electron chi connectivity index (χ0n) is 17.3. The number of anilines is 2. The summed E-state index contributed by atoms with van der Waals surface area (Å²) in [6.45, 7) is 7.48. The van der Waals surface area contributed by atoms with Crippen molar-refractivity contribution in [3.63, 3.8) is 0 Å². The number of hydrogen-bond acceptors (Lipinski definition) is 6. The quantitative estimate of drug-likeness (QED) is 0.220. The predicted molar refractivity (Wildman–Crippen MR) is 119 cm³/mol. The van der Waals surface area contributed by atoms with Crippen LogP contribution in [0.5, 0.6) is 11.5 Å². The van der Waals surface area contributed by atoms with Gasteiger partial charge in [0, 0.05) is 48.4 Å².